The lowest BCUT2D eigenvalue weighted by molar-refractivity contribution is -0.136. The van der Waals surface area contributed by atoms with Gasteiger partial charge in [0.25, 0.3) is 0 Å². The van der Waals surface area contributed by atoms with Gasteiger partial charge in [-0.15, -0.1) is 0 Å². The number of hydrogen-bond donors (Lipinski definition) is 2. The van der Waals surface area contributed by atoms with E-state index < -0.39 is 5.41 Å². The van der Waals surface area contributed by atoms with Crippen molar-refractivity contribution in [3.05, 3.63) is 29.8 Å². The van der Waals surface area contributed by atoms with Gasteiger partial charge in [0.05, 0.1) is 18.6 Å². The Morgan fingerprint density at radius 3 is 2.67 bits per heavy atom. The molecule has 0 unspecified atom stereocenters. The standard InChI is InChI=1S/C19H30N2O3/c1-15(2)16-6-4-5-7-17(16)24-13-12-21-18(22)19(14-23-3)8-10-20-11-9-19/h4-7,15,20H,8-14H2,1-3H3,(H,21,22). The Morgan fingerprint density at radius 1 is 1.29 bits per heavy atom. The zero-order valence-electron chi connectivity index (χ0n) is 15.1. The monoisotopic (exact) mass is 334 g/mol. The maximum absolute atomic E-state index is 12.6. The Morgan fingerprint density at radius 2 is 2.00 bits per heavy atom. The van der Waals surface area contributed by atoms with Gasteiger partial charge < -0.3 is 20.1 Å². The number of methoxy groups -OCH3 is 1. The average Bonchev–Trinajstić information content (AvgIpc) is 2.59. The molecule has 0 aromatic heterocycles. The second kappa shape index (κ2) is 9.04. The van der Waals surface area contributed by atoms with E-state index in [-0.39, 0.29) is 5.91 Å². The molecule has 2 N–H and O–H groups in total. The zero-order valence-corrected chi connectivity index (χ0v) is 15.1. The third kappa shape index (κ3) is 4.71. The van der Waals surface area contributed by atoms with Gasteiger partial charge in [0.15, 0.2) is 0 Å². The topological polar surface area (TPSA) is 59.6 Å². The lowest BCUT2D eigenvalue weighted by atomic mass is 9.78. The minimum atomic E-state index is -0.407. The maximum Gasteiger partial charge on any atom is 0.228 e. The number of nitrogens with one attached hydrogen (secondary N) is 2. The summed E-state index contributed by atoms with van der Waals surface area (Å²) >= 11 is 0. The summed E-state index contributed by atoms with van der Waals surface area (Å²) in [5.74, 6) is 1.39. The van der Waals surface area contributed by atoms with Crippen molar-refractivity contribution in [3.63, 3.8) is 0 Å². The molecular formula is C19H30N2O3. The third-order valence-electron chi connectivity index (χ3n) is 4.65. The highest BCUT2D eigenvalue weighted by Gasteiger charge is 2.39. The van der Waals surface area contributed by atoms with Gasteiger partial charge in [0.2, 0.25) is 5.91 Å². The summed E-state index contributed by atoms with van der Waals surface area (Å²) in [6.45, 7) is 7.45. The van der Waals surface area contributed by atoms with E-state index in [0.717, 1.165) is 31.7 Å². The molecule has 0 aliphatic carbocycles. The van der Waals surface area contributed by atoms with Crippen LogP contribution in [-0.4, -0.2) is 45.9 Å². The molecule has 1 aliphatic rings. The smallest absolute Gasteiger partial charge is 0.228 e. The van der Waals surface area contributed by atoms with Crippen LogP contribution in [0.3, 0.4) is 0 Å². The molecule has 1 fully saturated rings. The summed E-state index contributed by atoms with van der Waals surface area (Å²) in [6, 6.07) is 8.07. The van der Waals surface area contributed by atoms with Gasteiger partial charge in [-0.3, -0.25) is 4.79 Å². The number of amides is 1. The number of carbonyl (C=O) groups is 1. The van der Waals surface area contributed by atoms with E-state index >= 15 is 0 Å². The van der Waals surface area contributed by atoms with Gasteiger partial charge >= 0.3 is 0 Å². The molecule has 1 aliphatic heterocycles. The minimum absolute atomic E-state index is 0.0756. The van der Waals surface area contributed by atoms with Crippen molar-refractivity contribution in [1.29, 1.82) is 0 Å². The van der Waals surface area contributed by atoms with Gasteiger partial charge in [-0.05, 0) is 43.5 Å². The van der Waals surface area contributed by atoms with E-state index in [1.807, 2.05) is 18.2 Å². The Kier molecular flexibility index (Phi) is 7.06. The van der Waals surface area contributed by atoms with E-state index in [1.165, 1.54) is 5.56 Å². The number of ether oxygens (including phenoxy) is 2. The summed E-state index contributed by atoms with van der Waals surface area (Å²) in [5, 5.41) is 6.32. The van der Waals surface area contributed by atoms with Crippen molar-refractivity contribution in [3.8, 4) is 5.75 Å². The molecule has 5 heteroatoms. The van der Waals surface area contributed by atoms with Gasteiger partial charge in [0.1, 0.15) is 12.4 Å². The highest BCUT2D eigenvalue weighted by atomic mass is 16.5. The van der Waals surface area contributed by atoms with Crippen LogP contribution >= 0.6 is 0 Å². The Hall–Kier alpha value is -1.59. The van der Waals surface area contributed by atoms with E-state index in [4.69, 9.17) is 9.47 Å². The fourth-order valence-electron chi connectivity index (χ4n) is 3.22. The molecule has 1 amide bonds. The lowest BCUT2D eigenvalue weighted by Crippen LogP contribution is -2.50. The highest BCUT2D eigenvalue weighted by molar-refractivity contribution is 5.83. The summed E-state index contributed by atoms with van der Waals surface area (Å²) in [5.41, 5.74) is 0.786. The normalized spacial score (nSPS) is 16.8. The molecule has 2 rings (SSSR count). The number of piperidine rings is 1. The van der Waals surface area contributed by atoms with Crippen LogP contribution in [0.4, 0.5) is 0 Å². The summed E-state index contributed by atoms with van der Waals surface area (Å²) in [6.07, 6.45) is 1.62. The van der Waals surface area contributed by atoms with E-state index in [2.05, 4.69) is 30.5 Å². The summed E-state index contributed by atoms with van der Waals surface area (Å²) in [7, 11) is 1.66. The van der Waals surface area contributed by atoms with Crippen molar-refractivity contribution in [2.75, 3.05) is 40.0 Å². The molecule has 1 heterocycles. The molecule has 1 saturated heterocycles. The van der Waals surface area contributed by atoms with Crippen LogP contribution < -0.4 is 15.4 Å². The Labute approximate surface area is 145 Å². The minimum Gasteiger partial charge on any atom is -0.491 e. The van der Waals surface area contributed by atoms with Gasteiger partial charge in [-0.25, -0.2) is 0 Å². The number of benzene rings is 1. The van der Waals surface area contributed by atoms with Crippen molar-refractivity contribution < 1.29 is 14.3 Å². The van der Waals surface area contributed by atoms with Crippen LogP contribution in [0.2, 0.25) is 0 Å². The molecule has 24 heavy (non-hydrogen) atoms. The fraction of sp³-hybridized carbons (Fsp3) is 0.632. The zero-order chi connectivity index (χ0) is 17.4. The highest BCUT2D eigenvalue weighted by Crippen LogP contribution is 2.29. The molecule has 134 valence electrons. The Balaban J connectivity index is 1.84. The van der Waals surface area contributed by atoms with Gasteiger partial charge in [0, 0.05) is 7.11 Å². The van der Waals surface area contributed by atoms with Crippen LogP contribution in [0.25, 0.3) is 0 Å². The summed E-state index contributed by atoms with van der Waals surface area (Å²) < 4.78 is 11.2. The number of para-hydroxylation sites is 1. The molecule has 0 bridgehead atoms. The van der Waals surface area contributed by atoms with E-state index in [9.17, 15) is 4.79 Å². The molecular weight excluding hydrogens is 304 g/mol. The SMILES string of the molecule is COCC1(C(=O)NCCOc2ccccc2C(C)C)CCNCC1. The quantitative estimate of drug-likeness (QED) is 0.716. The molecule has 0 saturated carbocycles. The van der Waals surface area contributed by atoms with Crippen LogP contribution in [0.1, 0.15) is 38.2 Å². The van der Waals surface area contributed by atoms with Crippen LogP contribution in [-0.2, 0) is 9.53 Å². The van der Waals surface area contributed by atoms with Crippen molar-refractivity contribution >= 4 is 5.91 Å². The summed E-state index contributed by atoms with van der Waals surface area (Å²) in [4.78, 5) is 12.6. The van der Waals surface area contributed by atoms with Gasteiger partial charge in [-0.1, -0.05) is 32.0 Å². The van der Waals surface area contributed by atoms with Crippen molar-refractivity contribution in [2.45, 2.75) is 32.6 Å². The second-order valence-corrected chi connectivity index (χ2v) is 6.76. The van der Waals surface area contributed by atoms with Crippen molar-refractivity contribution in [1.82, 2.24) is 10.6 Å². The number of hydrogen-bond acceptors (Lipinski definition) is 4. The van der Waals surface area contributed by atoms with Crippen LogP contribution in [0.5, 0.6) is 5.75 Å². The third-order valence-corrected chi connectivity index (χ3v) is 4.65. The Bertz CT molecular complexity index is 520. The number of carbonyl (C=O) groups excluding carboxylic acids is 1. The van der Waals surface area contributed by atoms with E-state index in [1.54, 1.807) is 7.11 Å². The molecule has 5 nitrogen and oxygen atoms in total. The lowest BCUT2D eigenvalue weighted by Gasteiger charge is -2.35. The van der Waals surface area contributed by atoms with Crippen LogP contribution in [0.15, 0.2) is 24.3 Å². The van der Waals surface area contributed by atoms with E-state index in [0.29, 0.717) is 25.7 Å². The molecule has 0 radical (unpaired) electrons. The number of rotatable bonds is 8. The molecule has 0 spiro atoms. The maximum atomic E-state index is 12.6. The first-order valence-corrected chi connectivity index (χ1v) is 8.79. The van der Waals surface area contributed by atoms with Gasteiger partial charge in [-0.2, -0.15) is 0 Å². The first kappa shape index (κ1) is 18.7. The first-order chi connectivity index (χ1) is 11.6. The second-order valence-electron chi connectivity index (χ2n) is 6.76. The largest absolute Gasteiger partial charge is 0.491 e. The van der Waals surface area contributed by atoms with Crippen molar-refractivity contribution in [2.24, 2.45) is 5.41 Å². The predicted octanol–water partition coefficient (Wildman–Crippen LogP) is 2.32. The molecule has 1 aromatic carbocycles. The predicted molar refractivity (Wildman–Crippen MR) is 95.4 cm³/mol. The molecule has 1 aromatic rings. The fourth-order valence-corrected chi connectivity index (χ4v) is 3.22. The first-order valence-electron chi connectivity index (χ1n) is 8.79. The van der Waals surface area contributed by atoms with Crippen LogP contribution in [0, 0.1) is 5.41 Å². The average molecular weight is 334 g/mol. The molecule has 0 atom stereocenters.